The molecule has 0 bridgehead atoms. The highest BCUT2D eigenvalue weighted by Crippen LogP contribution is 2.27. The van der Waals surface area contributed by atoms with Crippen molar-refractivity contribution in [1.82, 2.24) is 10.6 Å². The number of nitrogens with one attached hydrogen (secondary N) is 2. The van der Waals surface area contributed by atoms with Crippen molar-refractivity contribution in [3.05, 3.63) is 23.8 Å². The number of carbonyl (C=O) groups is 2. The van der Waals surface area contributed by atoms with Crippen molar-refractivity contribution in [3.8, 4) is 11.5 Å². The van der Waals surface area contributed by atoms with E-state index < -0.39 is 12.1 Å². The molecule has 0 aliphatic carbocycles. The third-order valence-corrected chi connectivity index (χ3v) is 4.05. The molecule has 134 valence electrons. The monoisotopic (exact) mass is 355 g/mol. The molecule has 1 rings (SSSR count). The van der Waals surface area contributed by atoms with Crippen LogP contribution in [0.5, 0.6) is 11.5 Å². The minimum absolute atomic E-state index is 0.233. The van der Waals surface area contributed by atoms with Crippen LogP contribution in [0.1, 0.15) is 12.0 Å². The van der Waals surface area contributed by atoms with Gasteiger partial charge in [-0.05, 0) is 42.5 Å². The topological polar surface area (TPSA) is 103 Å². The quantitative estimate of drug-likeness (QED) is 0.584. The van der Waals surface area contributed by atoms with Gasteiger partial charge in [0.2, 0.25) is 5.91 Å². The van der Waals surface area contributed by atoms with Gasteiger partial charge >= 0.3 is 6.03 Å². The molecule has 4 N–H and O–H groups in total. The van der Waals surface area contributed by atoms with Crippen molar-refractivity contribution in [2.24, 2.45) is 5.73 Å². The molecule has 1 atom stereocenters. The van der Waals surface area contributed by atoms with Gasteiger partial charge in [0, 0.05) is 6.54 Å². The van der Waals surface area contributed by atoms with E-state index in [0.29, 0.717) is 30.9 Å². The van der Waals surface area contributed by atoms with Gasteiger partial charge in [0.25, 0.3) is 0 Å². The van der Waals surface area contributed by atoms with Gasteiger partial charge in [0.15, 0.2) is 11.5 Å². The highest BCUT2D eigenvalue weighted by molar-refractivity contribution is 7.98. The van der Waals surface area contributed by atoms with Gasteiger partial charge in [-0.1, -0.05) is 6.07 Å². The number of methoxy groups -OCH3 is 2. The third kappa shape index (κ3) is 6.57. The zero-order valence-electron chi connectivity index (χ0n) is 14.3. The van der Waals surface area contributed by atoms with Crippen molar-refractivity contribution in [2.45, 2.75) is 18.9 Å². The summed E-state index contributed by atoms with van der Waals surface area (Å²) < 4.78 is 10.4. The predicted octanol–water partition coefficient (Wildman–Crippen LogP) is 1.15. The maximum absolute atomic E-state index is 12.2. The van der Waals surface area contributed by atoms with Gasteiger partial charge in [-0.25, -0.2) is 4.79 Å². The fourth-order valence-corrected chi connectivity index (χ4v) is 2.64. The van der Waals surface area contributed by atoms with E-state index in [0.717, 1.165) is 11.3 Å². The number of hydrogen-bond donors (Lipinski definition) is 3. The van der Waals surface area contributed by atoms with Crippen LogP contribution >= 0.6 is 11.8 Å². The first-order chi connectivity index (χ1) is 11.5. The Bertz CT molecular complexity index is 554. The van der Waals surface area contributed by atoms with Crippen LogP contribution in [0.15, 0.2) is 18.2 Å². The van der Waals surface area contributed by atoms with Gasteiger partial charge in [0.1, 0.15) is 6.04 Å². The second kappa shape index (κ2) is 10.6. The second-order valence-electron chi connectivity index (χ2n) is 5.07. The lowest BCUT2D eigenvalue weighted by Crippen LogP contribution is -2.49. The molecule has 0 heterocycles. The number of primary amides is 1. The average Bonchev–Trinajstić information content (AvgIpc) is 2.57. The van der Waals surface area contributed by atoms with Crippen molar-refractivity contribution in [2.75, 3.05) is 32.8 Å². The molecule has 0 aliphatic heterocycles. The van der Waals surface area contributed by atoms with Gasteiger partial charge in [0.05, 0.1) is 14.2 Å². The summed E-state index contributed by atoms with van der Waals surface area (Å²) in [4.78, 5) is 23.2. The largest absolute Gasteiger partial charge is 0.493 e. The first kappa shape index (κ1) is 20.0. The molecule has 1 aromatic rings. The van der Waals surface area contributed by atoms with Crippen LogP contribution in [-0.2, 0) is 11.2 Å². The first-order valence-electron chi connectivity index (χ1n) is 7.55. The molecule has 0 aliphatic rings. The van der Waals surface area contributed by atoms with E-state index in [9.17, 15) is 9.59 Å². The molecule has 24 heavy (non-hydrogen) atoms. The van der Waals surface area contributed by atoms with E-state index in [4.69, 9.17) is 15.2 Å². The van der Waals surface area contributed by atoms with Crippen LogP contribution in [0.25, 0.3) is 0 Å². The van der Waals surface area contributed by atoms with Crippen LogP contribution in [-0.4, -0.2) is 50.8 Å². The molecular formula is C16H25N3O4S. The molecule has 0 aromatic heterocycles. The Balaban J connectivity index is 2.55. The number of rotatable bonds is 10. The van der Waals surface area contributed by atoms with Crippen molar-refractivity contribution in [3.63, 3.8) is 0 Å². The molecule has 0 unspecified atom stereocenters. The third-order valence-electron chi connectivity index (χ3n) is 3.40. The summed E-state index contributed by atoms with van der Waals surface area (Å²) >= 11 is 1.60. The van der Waals surface area contributed by atoms with Crippen LogP contribution in [0.4, 0.5) is 4.79 Å². The molecule has 1 aromatic carbocycles. The first-order valence-corrected chi connectivity index (χ1v) is 8.94. The van der Waals surface area contributed by atoms with Crippen molar-refractivity contribution >= 4 is 23.7 Å². The Labute approximate surface area is 146 Å². The molecule has 0 fully saturated rings. The Morgan fingerprint density at radius 1 is 1.25 bits per heavy atom. The molecule has 0 radical (unpaired) electrons. The van der Waals surface area contributed by atoms with E-state index >= 15 is 0 Å². The van der Waals surface area contributed by atoms with E-state index in [-0.39, 0.29) is 5.91 Å². The summed E-state index contributed by atoms with van der Waals surface area (Å²) in [5, 5.41) is 5.29. The number of ether oxygens (including phenoxy) is 2. The summed E-state index contributed by atoms with van der Waals surface area (Å²) in [7, 11) is 3.16. The molecule has 0 saturated heterocycles. The Morgan fingerprint density at radius 3 is 2.54 bits per heavy atom. The SMILES string of the molecule is COc1ccc(CCNC(=O)[C@H](CCSC)NC(N)=O)cc1OC. The number of benzene rings is 1. The second-order valence-corrected chi connectivity index (χ2v) is 6.06. The predicted molar refractivity (Wildman–Crippen MR) is 95.8 cm³/mol. The summed E-state index contributed by atoms with van der Waals surface area (Å²) in [5.74, 6) is 1.83. The Kier molecular flexibility index (Phi) is 8.85. The van der Waals surface area contributed by atoms with Crippen LogP contribution in [0.3, 0.4) is 0 Å². The average molecular weight is 355 g/mol. The van der Waals surface area contributed by atoms with E-state index in [1.165, 1.54) is 0 Å². The standard InChI is InChI=1S/C16H25N3O4S/c1-22-13-5-4-11(10-14(13)23-2)6-8-18-15(20)12(7-9-24-3)19-16(17)21/h4-5,10,12H,6-9H2,1-3H3,(H,18,20)(H3,17,19,21)/t12-/m0/s1. The smallest absolute Gasteiger partial charge is 0.312 e. The van der Waals surface area contributed by atoms with E-state index in [2.05, 4.69) is 10.6 Å². The molecule has 3 amide bonds. The number of urea groups is 1. The number of thioether (sulfide) groups is 1. The summed E-state index contributed by atoms with van der Waals surface area (Å²) in [6.07, 6.45) is 3.11. The molecule has 7 nitrogen and oxygen atoms in total. The maximum atomic E-state index is 12.2. The molecule has 8 heteroatoms. The summed E-state index contributed by atoms with van der Waals surface area (Å²) in [5.41, 5.74) is 6.13. The fourth-order valence-electron chi connectivity index (χ4n) is 2.17. The summed E-state index contributed by atoms with van der Waals surface area (Å²) in [6, 6.07) is 4.31. The molecule has 0 spiro atoms. The Hall–Kier alpha value is -2.09. The van der Waals surface area contributed by atoms with Crippen molar-refractivity contribution < 1.29 is 19.1 Å². The van der Waals surface area contributed by atoms with Crippen molar-refractivity contribution in [1.29, 1.82) is 0 Å². The minimum Gasteiger partial charge on any atom is -0.493 e. The van der Waals surface area contributed by atoms with Gasteiger partial charge < -0.3 is 25.8 Å². The normalized spacial score (nSPS) is 11.5. The lowest BCUT2D eigenvalue weighted by Gasteiger charge is -2.17. The maximum Gasteiger partial charge on any atom is 0.312 e. The van der Waals surface area contributed by atoms with Crippen LogP contribution < -0.4 is 25.8 Å². The highest BCUT2D eigenvalue weighted by atomic mass is 32.2. The summed E-state index contributed by atoms with van der Waals surface area (Å²) in [6.45, 7) is 0.449. The van der Waals surface area contributed by atoms with E-state index in [1.807, 2.05) is 24.5 Å². The van der Waals surface area contributed by atoms with Gasteiger partial charge in [-0.2, -0.15) is 11.8 Å². The molecular weight excluding hydrogens is 330 g/mol. The minimum atomic E-state index is -0.698. The number of hydrogen-bond acceptors (Lipinski definition) is 5. The number of nitrogens with two attached hydrogens (primary N) is 1. The van der Waals surface area contributed by atoms with Gasteiger partial charge in [-0.3, -0.25) is 4.79 Å². The highest BCUT2D eigenvalue weighted by Gasteiger charge is 2.18. The molecule has 0 saturated carbocycles. The fraction of sp³-hybridized carbons (Fsp3) is 0.500. The number of amides is 3. The zero-order chi connectivity index (χ0) is 17.9. The lowest BCUT2D eigenvalue weighted by atomic mass is 10.1. The van der Waals surface area contributed by atoms with Crippen LogP contribution in [0, 0.1) is 0 Å². The number of carbonyl (C=O) groups excluding carboxylic acids is 2. The Morgan fingerprint density at radius 2 is 1.96 bits per heavy atom. The van der Waals surface area contributed by atoms with Gasteiger partial charge in [-0.15, -0.1) is 0 Å². The van der Waals surface area contributed by atoms with E-state index in [1.54, 1.807) is 26.0 Å². The zero-order valence-corrected chi connectivity index (χ0v) is 15.1. The van der Waals surface area contributed by atoms with Crippen LogP contribution in [0.2, 0.25) is 0 Å². The lowest BCUT2D eigenvalue weighted by molar-refractivity contribution is -0.122.